The van der Waals surface area contributed by atoms with E-state index in [0.29, 0.717) is 11.4 Å². The first-order valence-corrected chi connectivity index (χ1v) is 8.12. The molecular formula is C18H16F3NO5. The molecule has 1 aromatic carbocycles. The molecule has 0 amide bonds. The molecular weight excluding hydrogens is 367 g/mol. The number of ether oxygens (including phenoxy) is 3. The van der Waals surface area contributed by atoms with Gasteiger partial charge in [-0.05, 0) is 25.5 Å². The van der Waals surface area contributed by atoms with E-state index in [-0.39, 0.29) is 30.1 Å². The van der Waals surface area contributed by atoms with Gasteiger partial charge in [0, 0.05) is 0 Å². The normalized spacial score (nSPS) is 19.4. The summed E-state index contributed by atoms with van der Waals surface area (Å²) >= 11 is 0. The van der Waals surface area contributed by atoms with Gasteiger partial charge < -0.3 is 19.5 Å². The first kappa shape index (κ1) is 18.8. The van der Waals surface area contributed by atoms with Crippen LogP contribution in [0.2, 0.25) is 0 Å². The number of benzene rings is 1. The minimum atomic E-state index is -4.66. The van der Waals surface area contributed by atoms with Crippen molar-refractivity contribution in [2.75, 3.05) is 13.2 Å². The fourth-order valence-electron chi connectivity index (χ4n) is 3.12. The van der Waals surface area contributed by atoms with Crippen molar-refractivity contribution in [2.24, 2.45) is 0 Å². The molecule has 6 nitrogen and oxygen atoms in total. The molecule has 0 aromatic heterocycles. The van der Waals surface area contributed by atoms with Gasteiger partial charge in [-0.25, -0.2) is 9.59 Å². The van der Waals surface area contributed by atoms with Crippen LogP contribution < -0.4 is 5.32 Å². The Balaban J connectivity index is 2.16. The number of esters is 1. The number of halogens is 3. The second kappa shape index (κ2) is 6.98. The zero-order valence-corrected chi connectivity index (χ0v) is 14.5. The number of hydrogen-bond donors (Lipinski definition) is 1. The highest BCUT2D eigenvalue weighted by Gasteiger charge is 2.45. The van der Waals surface area contributed by atoms with Crippen molar-refractivity contribution in [1.29, 1.82) is 0 Å². The molecule has 1 unspecified atom stereocenters. The van der Waals surface area contributed by atoms with Crippen molar-refractivity contribution in [1.82, 2.24) is 5.32 Å². The molecule has 144 valence electrons. The standard InChI is InChI=1S/C18H16F3NO5/c1-3-25-17(24)27-15-9(2)22-12-8-26-16(23)14(12)13(15)10-6-4-5-7-11(10)18(19,20)21/h4-7,13,22H,3,8H2,1-2H3. The van der Waals surface area contributed by atoms with Crippen molar-refractivity contribution >= 4 is 12.1 Å². The molecule has 2 aliphatic rings. The maximum atomic E-state index is 13.6. The molecule has 0 saturated carbocycles. The minimum Gasteiger partial charge on any atom is -0.456 e. The van der Waals surface area contributed by atoms with Gasteiger partial charge in [-0.1, -0.05) is 18.2 Å². The fourth-order valence-corrected chi connectivity index (χ4v) is 3.12. The highest BCUT2D eigenvalue weighted by molar-refractivity contribution is 5.95. The van der Waals surface area contributed by atoms with Crippen LogP contribution in [0.5, 0.6) is 0 Å². The van der Waals surface area contributed by atoms with Gasteiger partial charge in [-0.2, -0.15) is 13.2 Å². The van der Waals surface area contributed by atoms with Crippen LogP contribution in [0.1, 0.15) is 30.9 Å². The molecule has 1 N–H and O–H groups in total. The number of carbonyl (C=O) groups excluding carboxylic acids is 2. The van der Waals surface area contributed by atoms with Crippen molar-refractivity contribution in [3.05, 3.63) is 58.1 Å². The summed E-state index contributed by atoms with van der Waals surface area (Å²) in [6.07, 6.45) is -5.73. The van der Waals surface area contributed by atoms with Gasteiger partial charge >= 0.3 is 18.3 Å². The predicted molar refractivity (Wildman–Crippen MR) is 86.1 cm³/mol. The second-order valence-electron chi connectivity index (χ2n) is 5.89. The quantitative estimate of drug-likeness (QED) is 0.804. The summed E-state index contributed by atoms with van der Waals surface area (Å²) in [4.78, 5) is 24.0. The Morgan fingerprint density at radius 2 is 2.04 bits per heavy atom. The van der Waals surface area contributed by atoms with Gasteiger partial charge in [0.1, 0.15) is 12.4 Å². The number of nitrogens with one attached hydrogen (secondary N) is 1. The molecule has 9 heteroatoms. The maximum absolute atomic E-state index is 13.6. The van der Waals surface area contributed by atoms with E-state index in [1.165, 1.54) is 25.1 Å². The van der Waals surface area contributed by atoms with Gasteiger partial charge in [-0.3, -0.25) is 0 Å². The van der Waals surface area contributed by atoms with Crippen LogP contribution in [0, 0.1) is 0 Å². The van der Waals surface area contributed by atoms with Crippen LogP contribution in [0.3, 0.4) is 0 Å². The lowest BCUT2D eigenvalue weighted by molar-refractivity contribution is -0.139. The van der Waals surface area contributed by atoms with Gasteiger partial charge in [0.25, 0.3) is 0 Å². The lowest BCUT2D eigenvalue weighted by Crippen LogP contribution is -2.29. The zero-order valence-electron chi connectivity index (χ0n) is 14.5. The molecule has 1 aromatic rings. The number of dihydropyridines is 1. The SMILES string of the molecule is CCOC(=O)OC1=C(C)NC2=C(C(=O)OC2)C1c1ccccc1C(F)(F)F. The van der Waals surface area contributed by atoms with Gasteiger partial charge in [0.05, 0.1) is 35.1 Å². The molecule has 0 aliphatic carbocycles. The number of carbonyl (C=O) groups is 2. The minimum absolute atomic E-state index is 0.0170. The highest BCUT2D eigenvalue weighted by atomic mass is 19.4. The van der Waals surface area contributed by atoms with E-state index in [9.17, 15) is 22.8 Å². The Bertz CT molecular complexity index is 857. The molecule has 0 radical (unpaired) electrons. The Kier molecular flexibility index (Phi) is 4.86. The summed E-state index contributed by atoms with van der Waals surface area (Å²) in [5.41, 5.74) is -0.521. The van der Waals surface area contributed by atoms with E-state index in [2.05, 4.69) is 5.32 Å². The van der Waals surface area contributed by atoms with Crippen LogP contribution in [0.25, 0.3) is 0 Å². The summed E-state index contributed by atoms with van der Waals surface area (Å²) in [7, 11) is 0. The average molecular weight is 383 g/mol. The molecule has 2 aliphatic heterocycles. The Morgan fingerprint density at radius 1 is 1.33 bits per heavy atom. The van der Waals surface area contributed by atoms with Crippen molar-refractivity contribution in [2.45, 2.75) is 25.9 Å². The number of hydrogen-bond acceptors (Lipinski definition) is 6. The fraction of sp³-hybridized carbons (Fsp3) is 0.333. The van der Waals surface area contributed by atoms with Crippen LogP contribution in [0.15, 0.2) is 47.0 Å². The van der Waals surface area contributed by atoms with Gasteiger partial charge in [0.15, 0.2) is 0 Å². The maximum Gasteiger partial charge on any atom is 0.513 e. The van der Waals surface area contributed by atoms with Crippen LogP contribution in [-0.4, -0.2) is 25.3 Å². The first-order chi connectivity index (χ1) is 12.7. The molecule has 27 heavy (non-hydrogen) atoms. The van der Waals surface area contributed by atoms with E-state index in [1.54, 1.807) is 6.92 Å². The highest BCUT2D eigenvalue weighted by Crippen LogP contribution is 2.45. The van der Waals surface area contributed by atoms with E-state index >= 15 is 0 Å². The Morgan fingerprint density at radius 3 is 2.70 bits per heavy atom. The van der Waals surface area contributed by atoms with Crippen LogP contribution >= 0.6 is 0 Å². The van der Waals surface area contributed by atoms with Crippen molar-refractivity contribution in [3.63, 3.8) is 0 Å². The van der Waals surface area contributed by atoms with E-state index in [0.717, 1.165) is 6.07 Å². The number of cyclic esters (lactones) is 1. The summed E-state index contributed by atoms with van der Waals surface area (Å²) in [5.74, 6) is -2.15. The summed E-state index contributed by atoms with van der Waals surface area (Å²) in [5, 5.41) is 2.86. The lowest BCUT2D eigenvalue weighted by atomic mass is 9.83. The van der Waals surface area contributed by atoms with Crippen LogP contribution in [-0.2, 0) is 25.2 Å². The Hall–Kier alpha value is -2.97. The molecule has 0 saturated heterocycles. The van der Waals surface area contributed by atoms with Crippen LogP contribution in [0.4, 0.5) is 18.0 Å². The number of alkyl halides is 3. The first-order valence-electron chi connectivity index (χ1n) is 8.12. The summed E-state index contributed by atoms with van der Waals surface area (Å²) < 4.78 is 55.6. The third-order valence-corrected chi connectivity index (χ3v) is 4.18. The van der Waals surface area contributed by atoms with Gasteiger partial charge in [-0.15, -0.1) is 0 Å². The third-order valence-electron chi connectivity index (χ3n) is 4.18. The number of allylic oxidation sites excluding steroid dienone is 2. The predicted octanol–water partition coefficient (Wildman–Crippen LogP) is 3.61. The van der Waals surface area contributed by atoms with Crippen molar-refractivity contribution < 1.29 is 37.0 Å². The largest absolute Gasteiger partial charge is 0.513 e. The van der Waals surface area contributed by atoms with Gasteiger partial charge in [0.2, 0.25) is 0 Å². The van der Waals surface area contributed by atoms with E-state index in [1.807, 2.05) is 0 Å². The summed E-state index contributed by atoms with van der Waals surface area (Å²) in [6, 6.07) is 4.83. The van der Waals surface area contributed by atoms with E-state index < -0.39 is 29.8 Å². The zero-order chi connectivity index (χ0) is 19.8. The molecule has 0 fully saturated rings. The van der Waals surface area contributed by atoms with Crippen molar-refractivity contribution in [3.8, 4) is 0 Å². The molecule has 2 heterocycles. The molecule has 1 atom stereocenters. The lowest BCUT2D eigenvalue weighted by Gasteiger charge is -2.29. The monoisotopic (exact) mass is 383 g/mol. The molecule has 3 rings (SSSR count). The van der Waals surface area contributed by atoms with E-state index in [4.69, 9.17) is 14.2 Å². The third kappa shape index (κ3) is 3.49. The summed E-state index contributed by atoms with van der Waals surface area (Å²) in [6.45, 7) is 3.03. The smallest absolute Gasteiger partial charge is 0.456 e. The average Bonchev–Trinajstić information content (AvgIpc) is 2.95. The molecule has 0 spiro atoms. The molecule has 0 bridgehead atoms. The second-order valence-corrected chi connectivity index (χ2v) is 5.89. The Labute approximate surface area is 152 Å². The number of rotatable bonds is 3. The topological polar surface area (TPSA) is 73.9 Å².